The lowest BCUT2D eigenvalue weighted by Gasteiger charge is -2.39. The van der Waals surface area contributed by atoms with Gasteiger partial charge in [-0.2, -0.15) is 14.6 Å². The lowest BCUT2D eigenvalue weighted by molar-refractivity contribution is 0.226. The van der Waals surface area contributed by atoms with Gasteiger partial charge in [-0.05, 0) is 50.3 Å². The van der Waals surface area contributed by atoms with Crippen molar-refractivity contribution in [2.75, 3.05) is 13.1 Å². The quantitative estimate of drug-likeness (QED) is 0.299. The zero-order chi connectivity index (χ0) is 22.0. The molecule has 2 atom stereocenters. The number of hydrogen-bond donors (Lipinski definition) is 3. The number of halogens is 1. The topological polar surface area (TPSA) is 88.9 Å². The number of phenols is 1. The smallest absolute Gasteiger partial charge is 0.216 e. The number of terminal acetylenes is 1. The van der Waals surface area contributed by atoms with E-state index in [2.05, 4.69) is 43.5 Å². The van der Waals surface area contributed by atoms with E-state index in [1.54, 1.807) is 19.1 Å². The van der Waals surface area contributed by atoms with Crippen LogP contribution in [0, 0.1) is 24.2 Å². The van der Waals surface area contributed by atoms with Crippen LogP contribution in [-0.4, -0.2) is 56.9 Å². The van der Waals surface area contributed by atoms with E-state index < -0.39 is 5.95 Å². The summed E-state index contributed by atoms with van der Waals surface area (Å²) in [6.07, 6.45) is 9.91. The Hall–Kier alpha value is -3.18. The lowest BCUT2D eigenvalue weighted by atomic mass is 10.0. The van der Waals surface area contributed by atoms with Crippen molar-refractivity contribution in [3.8, 4) is 29.2 Å². The summed E-state index contributed by atoms with van der Waals surface area (Å²) in [7, 11) is 0. The molecular weight excluding hydrogens is 395 g/mol. The average molecular weight is 423 g/mol. The molecular formula is C23H27FN6O. The molecule has 2 aromatic rings. The van der Waals surface area contributed by atoms with E-state index in [0.29, 0.717) is 40.9 Å². The fourth-order valence-corrected chi connectivity index (χ4v) is 4.07. The van der Waals surface area contributed by atoms with Crippen LogP contribution in [0.3, 0.4) is 0 Å². The molecule has 1 aliphatic carbocycles. The van der Waals surface area contributed by atoms with Crippen LogP contribution in [0.5, 0.6) is 5.75 Å². The molecule has 162 valence electrons. The molecule has 0 spiro atoms. The highest BCUT2D eigenvalue weighted by Crippen LogP contribution is 2.34. The monoisotopic (exact) mass is 422 g/mol. The number of nitrogens with one attached hydrogen (secondary N) is 2. The normalized spacial score (nSPS) is 22.5. The summed E-state index contributed by atoms with van der Waals surface area (Å²) in [5.74, 6) is 3.64. The van der Waals surface area contributed by atoms with E-state index in [1.807, 2.05) is 0 Å². The Kier molecular flexibility index (Phi) is 6.05. The molecule has 3 N–H and O–H groups in total. The van der Waals surface area contributed by atoms with Crippen LogP contribution in [0.15, 0.2) is 34.6 Å². The van der Waals surface area contributed by atoms with Crippen LogP contribution in [0.4, 0.5) is 4.39 Å². The Balaban J connectivity index is 1.55. The fraction of sp³-hybridized carbons (Fsp3) is 0.435. The third-order valence-electron chi connectivity index (χ3n) is 5.83. The van der Waals surface area contributed by atoms with Gasteiger partial charge in [0.2, 0.25) is 5.95 Å². The van der Waals surface area contributed by atoms with Gasteiger partial charge in [-0.15, -0.1) is 11.5 Å². The fourth-order valence-electron chi connectivity index (χ4n) is 4.07. The summed E-state index contributed by atoms with van der Waals surface area (Å²) in [4.78, 5) is 2.23. The average Bonchev–Trinajstić information content (AvgIpc) is 3.51. The first-order chi connectivity index (χ1) is 15.0. The lowest BCUT2D eigenvalue weighted by Crippen LogP contribution is -2.57. The van der Waals surface area contributed by atoms with Crippen molar-refractivity contribution in [2.24, 2.45) is 16.1 Å². The predicted molar refractivity (Wildman–Crippen MR) is 119 cm³/mol. The van der Waals surface area contributed by atoms with Crippen molar-refractivity contribution in [1.29, 1.82) is 0 Å². The molecule has 1 aliphatic heterocycles. The van der Waals surface area contributed by atoms with Gasteiger partial charge in [-0.1, -0.05) is 12.0 Å². The number of aromatic hydroxyl groups is 1. The van der Waals surface area contributed by atoms with E-state index in [0.717, 1.165) is 24.8 Å². The number of phenolic OH excluding ortho intramolecular Hbond substituents is 1. The van der Waals surface area contributed by atoms with Crippen molar-refractivity contribution in [2.45, 2.75) is 45.2 Å². The second kappa shape index (κ2) is 8.90. The first kappa shape index (κ1) is 21.1. The van der Waals surface area contributed by atoms with Crippen LogP contribution in [0.2, 0.25) is 0 Å². The maximum atomic E-state index is 13.7. The number of nitrogens with zero attached hydrogens (tertiary/aromatic N) is 4. The molecule has 2 heterocycles. The molecule has 0 amide bonds. The van der Waals surface area contributed by atoms with Crippen LogP contribution in [0.1, 0.15) is 38.7 Å². The Morgan fingerprint density at radius 3 is 2.81 bits per heavy atom. The highest BCUT2D eigenvalue weighted by molar-refractivity contribution is 6.02. The number of aromatic amines is 1. The van der Waals surface area contributed by atoms with Gasteiger partial charge in [-0.25, -0.2) is 0 Å². The van der Waals surface area contributed by atoms with E-state index in [9.17, 15) is 9.50 Å². The van der Waals surface area contributed by atoms with Crippen LogP contribution >= 0.6 is 0 Å². The number of aromatic nitrogens is 2. The predicted octanol–water partition coefficient (Wildman–Crippen LogP) is 3.14. The second-order valence-electron chi connectivity index (χ2n) is 8.33. The zero-order valence-corrected chi connectivity index (χ0v) is 17.8. The number of piperazine rings is 1. The molecule has 1 unspecified atom stereocenters. The third kappa shape index (κ3) is 4.78. The van der Waals surface area contributed by atoms with Gasteiger partial charge >= 0.3 is 0 Å². The minimum Gasteiger partial charge on any atom is -0.507 e. The van der Waals surface area contributed by atoms with Crippen molar-refractivity contribution < 1.29 is 9.50 Å². The minimum atomic E-state index is -0.546. The molecule has 7 nitrogen and oxygen atoms in total. The highest BCUT2D eigenvalue weighted by atomic mass is 19.1. The third-order valence-corrected chi connectivity index (χ3v) is 5.83. The summed E-state index contributed by atoms with van der Waals surface area (Å²) in [5, 5.41) is 28.9. The molecule has 1 aromatic carbocycles. The van der Waals surface area contributed by atoms with Gasteiger partial charge in [0.1, 0.15) is 11.6 Å². The van der Waals surface area contributed by atoms with Gasteiger partial charge in [0.25, 0.3) is 0 Å². The van der Waals surface area contributed by atoms with Crippen molar-refractivity contribution in [3.63, 3.8) is 0 Å². The maximum Gasteiger partial charge on any atom is 0.216 e. The van der Waals surface area contributed by atoms with Gasteiger partial charge in [0, 0.05) is 30.7 Å². The van der Waals surface area contributed by atoms with Gasteiger partial charge < -0.3 is 15.3 Å². The first-order valence-electron chi connectivity index (χ1n) is 10.5. The molecule has 2 fully saturated rings. The SMILES string of the molecule is C#CC/C(=N\N=C(/C)c1ccc(-c2cn[nH]c2F)cc1O)N1CC(C2CC2)N[C@@H](C)C1. The molecule has 0 bridgehead atoms. The molecule has 8 heteroatoms. The van der Waals surface area contributed by atoms with Gasteiger partial charge in [-0.3, -0.25) is 5.10 Å². The van der Waals surface area contributed by atoms with E-state index in [-0.39, 0.29) is 5.75 Å². The minimum absolute atomic E-state index is 0.00218. The molecule has 1 saturated heterocycles. The largest absolute Gasteiger partial charge is 0.507 e. The van der Waals surface area contributed by atoms with Gasteiger partial charge in [0.15, 0.2) is 0 Å². The van der Waals surface area contributed by atoms with Crippen LogP contribution < -0.4 is 5.32 Å². The van der Waals surface area contributed by atoms with Crippen molar-refractivity contribution in [3.05, 3.63) is 35.9 Å². The number of amidine groups is 1. The molecule has 0 radical (unpaired) electrons. The summed E-state index contributed by atoms with van der Waals surface area (Å²) >= 11 is 0. The maximum absolute atomic E-state index is 13.7. The number of benzene rings is 1. The number of H-pyrrole nitrogens is 1. The summed E-state index contributed by atoms with van der Waals surface area (Å²) in [6.45, 7) is 5.65. The molecule has 31 heavy (non-hydrogen) atoms. The van der Waals surface area contributed by atoms with Crippen LogP contribution in [-0.2, 0) is 0 Å². The Labute approximate surface area is 181 Å². The van der Waals surface area contributed by atoms with Crippen molar-refractivity contribution >= 4 is 11.5 Å². The number of rotatable bonds is 5. The summed E-state index contributed by atoms with van der Waals surface area (Å²) < 4.78 is 13.7. The van der Waals surface area contributed by atoms with Gasteiger partial charge in [0.05, 0.1) is 23.9 Å². The second-order valence-corrected chi connectivity index (χ2v) is 8.33. The molecule has 4 rings (SSSR count). The first-order valence-corrected chi connectivity index (χ1v) is 10.5. The summed E-state index contributed by atoms with van der Waals surface area (Å²) in [5.41, 5.74) is 1.90. The Morgan fingerprint density at radius 1 is 1.35 bits per heavy atom. The standard InChI is InChI=1S/C23H27FN6O/c1-4-5-22(30-12-14(2)26-20(13-30)16-6-7-16)28-27-15(3)18-9-8-17(10-21(18)31)19-11-25-29-23(19)24/h1,8-11,14,16,20,26,31H,5-7,12-13H2,2-3H3,(H,25,29)/b27-15+,28-22+/t14-,20?/m0/s1. The zero-order valence-electron chi connectivity index (χ0n) is 17.8. The van der Waals surface area contributed by atoms with E-state index in [1.165, 1.54) is 25.1 Å². The highest BCUT2D eigenvalue weighted by Gasteiger charge is 2.36. The number of hydrogen-bond acceptors (Lipinski definition) is 5. The Bertz CT molecular complexity index is 1050. The Morgan fingerprint density at radius 2 is 2.16 bits per heavy atom. The van der Waals surface area contributed by atoms with E-state index >= 15 is 0 Å². The van der Waals surface area contributed by atoms with E-state index in [4.69, 9.17) is 6.42 Å². The van der Waals surface area contributed by atoms with Crippen LogP contribution in [0.25, 0.3) is 11.1 Å². The molecule has 1 aromatic heterocycles. The molecule has 2 aliphatic rings. The molecule has 1 saturated carbocycles. The summed E-state index contributed by atoms with van der Waals surface area (Å²) in [6, 6.07) is 5.71. The van der Waals surface area contributed by atoms with Crippen molar-refractivity contribution in [1.82, 2.24) is 20.4 Å².